The van der Waals surface area contributed by atoms with Gasteiger partial charge in [-0.3, -0.25) is 0 Å². The molecule has 1 aliphatic carbocycles. The van der Waals surface area contributed by atoms with Crippen molar-refractivity contribution in [2.45, 2.75) is 51.2 Å². The van der Waals surface area contributed by atoms with Crippen LogP contribution in [0.5, 0.6) is 0 Å². The lowest BCUT2D eigenvalue weighted by atomic mass is 9.83. The van der Waals surface area contributed by atoms with Gasteiger partial charge in [0.05, 0.1) is 6.10 Å². The van der Waals surface area contributed by atoms with E-state index < -0.39 is 0 Å². The van der Waals surface area contributed by atoms with Gasteiger partial charge < -0.3 is 15.0 Å². The smallest absolute Gasteiger partial charge is 0.0568 e. The molecule has 3 nitrogen and oxygen atoms in total. The third-order valence-corrected chi connectivity index (χ3v) is 4.15. The van der Waals surface area contributed by atoms with Crippen LogP contribution < -0.4 is 5.32 Å². The number of aliphatic hydroxyl groups excluding tert-OH is 1. The molecule has 0 bridgehead atoms. The first-order chi connectivity index (χ1) is 8.77. The maximum Gasteiger partial charge on any atom is 0.0568 e. The van der Waals surface area contributed by atoms with E-state index in [4.69, 9.17) is 0 Å². The zero-order valence-corrected chi connectivity index (χ0v) is 11.4. The first-order valence-corrected chi connectivity index (χ1v) is 7.26. The summed E-state index contributed by atoms with van der Waals surface area (Å²) in [6.45, 7) is 1.99. The highest BCUT2D eigenvalue weighted by Gasteiger charge is 2.21. The van der Waals surface area contributed by atoms with Crippen LogP contribution in [0.15, 0.2) is 18.3 Å². The van der Waals surface area contributed by atoms with Gasteiger partial charge in [-0.15, -0.1) is 0 Å². The van der Waals surface area contributed by atoms with E-state index in [9.17, 15) is 5.11 Å². The van der Waals surface area contributed by atoms with E-state index >= 15 is 0 Å². The Morgan fingerprint density at radius 1 is 1.39 bits per heavy atom. The first kappa shape index (κ1) is 13.6. The third kappa shape index (κ3) is 3.85. The first-order valence-electron chi connectivity index (χ1n) is 7.26. The summed E-state index contributed by atoms with van der Waals surface area (Å²) < 4.78 is 2.15. The lowest BCUT2D eigenvalue weighted by molar-refractivity contribution is 0.0643. The molecule has 0 radical (unpaired) electrons. The van der Waals surface area contributed by atoms with Gasteiger partial charge >= 0.3 is 0 Å². The predicted octanol–water partition coefficient (Wildman–Crippen LogP) is 2.45. The Hall–Kier alpha value is -0.800. The number of aliphatic hydroxyl groups is 1. The molecule has 1 aliphatic rings. The zero-order chi connectivity index (χ0) is 12.8. The minimum Gasteiger partial charge on any atom is -0.393 e. The standard InChI is InChI=1S/C15H26N2O/c1-17-11-5-8-14(17)12-16-10-4-7-13-6-2-3-9-15(13)18/h5,8,11,13,15-16,18H,2-4,6-7,9-10,12H2,1H3. The van der Waals surface area contributed by atoms with Crippen molar-refractivity contribution < 1.29 is 5.11 Å². The van der Waals surface area contributed by atoms with Crippen LogP contribution in [0.3, 0.4) is 0 Å². The van der Waals surface area contributed by atoms with Crippen molar-refractivity contribution in [1.82, 2.24) is 9.88 Å². The van der Waals surface area contributed by atoms with Crippen LogP contribution in [-0.4, -0.2) is 22.3 Å². The molecule has 0 spiro atoms. The summed E-state index contributed by atoms with van der Waals surface area (Å²) in [7, 11) is 2.08. The van der Waals surface area contributed by atoms with E-state index in [2.05, 4.69) is 35.3 Å². The average molecular weight is 250 g/mol. The number of nitrogens with zero attached hydrogens (tertiary/aromatic N) is 1. The number of hydrogen-bond donors (Lipinski definition) is 2. The second-order valence-electron chi connectivity index (χ2n) is 5.54. The molecule has 0 aromatic carbocycles. The van der Waals surface area contributed by atoms with E-state index in [1.807, 2.05) is 0 Å². The highest BCUT2D eigenvalue weighted by Crippen LogP contribution is 2.27. The van der Waals surface area contributed by atoms with Gasteiger partial charge in [-0.25, -0.2) is 0 Å². The molecular formula is C15H26N2O. The molecule has 2 N–H and O–H groups in total. The van der Waals surface area contributed by atoms with Gasteiger partial charge in [-0.2, -0.15) is 0 Å². The van der Waals surface area contributed by atoms with Gasteiger partial charge in [0.1, 0.15) is 0 Å². The normalized spacial score (nSPS) is 24.3. The second kappa shape index (κ2) is 6.95. The summed E-state index contributed by atoms with van der Waals surface area (Å²) in [5.41, 5.74) is 1.33. The highest BCUT2D eigenvalue weighted by atomic mass is 16.3. The van der Waals surface area contributed by atoms with Gasteiger partial charge in [0.2, 0.25) is 0 Å². The molecule has 0 aliphatic heterocycles. The number of nitrogens with one attached hydrogen (secondary N) is 1. The van der Waals surface area contributed by atoms with Crippen molar-refractivity contribution in [3.05, 3.63) is 24.0 Å². The Morgan fingerprint density at radius 3 is 2.94 bits per heavy atom. The molecule has 1 aromatic heterocycles. The van der Waals surface area contributed by atoms with E-state index in [0.29, 0.717) is 5.92 Å². The summed E-state index contributed by atoms with van der Waals surface area (Å²) in [5.74, 6) is 0.551. The molecule has 1 fully saturated rings. The Morgan fingerprint density at radius 2 is 2.22 bits per heavy atom. The van der Waals surface area contributed by atoms with Crippen molar-refractivity contribution in [2.24, 2.45) is 13.0 Å². The lowest BCUT2D eigenvalue weighted by Crippen LogP contribution is -2.25. The SMILES string of the molecule is Cn1cccc1CNCCCC1CCCCC1O. The Bertz CT molecular complexity index is 348. The number of aromatic nitrogens is 1. The van der Waals surface area contributed by atoms with Crippen molar-refractivity contribution in [3.63, 3.8) is 0 Å². The van der Waals surface area contributed by atoms with Crippen LogP contribution in [0, 0.1) is 5.92 Å². The fourth-order valence-electron chi connectivity index (χ4n) is 2.91. The molecule has 2 rings (SSSR count). The fraction of sp³-hybridized carbons (Fsp3) is 0.733. The van der Waals surface area contributed by atoms with E-state index in [-0.39, 0.29) is 6.10 Å². The monoisotopic (exact) mass is 250 g/mol. The summed E-state index contributed by atoms with van der Waals surface area (Å²) in [6.07, 6.45) is 9.14. The molecule has 102 valence electrons. The van der Waals surface area contributed by atoms with Crippen LogP contribution in [-0.2, 0) is 13.6 Å². The lowest BCUT2D eigenvalue weighted by Gasteiger charge is -2.27. The van der Waals surface area contributed by atoms with Gasteiger partial charge in [0, 0.05) is 25.5 Å². The van der Waals surface area contributed by atoms with Crippen LogP contribution >= 0.6 is 0 Å². The summed E-state index contributed by atoms with van der Waals surface area (Å²) in [4.78, 5) is 0. The van der Waals surface area contributed by atoms with E-state index in [1.165, 1.54) is 37.8 Å². The maximum absolute atomic E-state index is 9.89. The van der Waals surface area contributed by atoms with Gasteiger partial charge in [-0.05, 0) is 50.3 Å². The van der Waals surface area contributed by atoms with Crippen molar-refractivity contribution >= 4 is 0 Å². The fourth-order valence-corrected chi connectivity index (χ4v) is 2.91. The Labute approximate surface area is 110 Å². The van der Waals surface area contributed by atoms with Crippen LogP contribution in [0.25, 0.3) is 0 Å². The molecule has 0 saturated heterocycles. The minimum absolute atomic E-state index is 0.0355. The maximum atomic E-state index is 9.89. The molecule has 1 aromatic rings. The minimum atomic E-state index is -0.0355. The largest absolute Gasteiger partial charge is 0.393 e. The average Bonchev–Trinajstić information content (AvgIpc) is 2.77. The predicted molar refractivity (Wildman–Crippen MR) is 74.3 cm³/mol. The molecule has 18 heavy (non-hydrogen) atoms. The Kier molecular flexibility index (Phi) is 5.26. The van der Waals surface area contributed by atoms with Gasteiger partial charge in [0.15, 0.2) is 0 Å². The van der Waals surface area contributed by atoms with Gasteiger partial charge in [0.25, 0.3) is 0 Å². The topological polar surface area (TPSA) is 37.2 Å². The molecule has 2 atom stereocenters. The molecule has 3 heteroatoms. The zero-order valence-electron chi connectivity index (χ0n) is 11.4. The molecule has 2 unspecified atom stereocenters. The molecule has 1 heterocycles. The highest BCUT2D eigenvalue weighted by molar-refractivity contribution is 5.05. The molecule has 1 saturated carbocycles. The van der Waals surface area contributed by atoms with Crippen molar-refractivity contribution in [1.29, 1.82) is 0 Å². The van der Waals surface area contributed by atoms with Crippen LogP contribution in [0.1, 0.15) is 44.2 Å². The summed E-state index contributed by atoms with van der Waals surface area (Å²) in [6, 6.07) is 4.23. The number of rotatable bonds is 6. The van der Waals surface area contributed by atoms with Crippen molar-refractivity contribution in [2.75, 3.05) is 6.54 Å². The molecular weight excluding hydrogens is 224 g/mol. The Balaban J connectivity index is 1.57. The second-order valence-corrected chi connectivity index (χ2v) is 5.54. The summed E-state index contributed by atoms with van der Waals surface area (Å²) >= 11 is 0. The van der Waals surface area contributed by atoms with E-state index in [1.54, 1.807) is 0 Å². The van der Waals surface area contributed by atoms with E-state index in [0.717, 1.165) is 19.5 Å². The summed E-state index contributed by atoms with van der Waals surface area (Å²) in [5, 5.41) is 13.4. The quantitative estimate of drug-likeness (QED) is 0.761. The van der Waals surface area contributed by atoms with Gasteiger partial charge in [-0.1, -0.05) is 12.8 Å². The van der Waals surface area contributed by atoms with Crippen molar-refractivity contribution in [3.8, 4) is 0 Å². The third-order valence-electron chi connectivity index (χ3n) is 4.15. The number of aryl methyl sites for hydroxylation is 1. The van der Waals surface area contributed by atoms with Crippen LogP contribution in [0.4, 0.5) is 0 Å². The number of hydrogen-bond acceptors (Lipinski definition) is 2. The van der Waals surface area contributed by atoms with Crippen LogP contribution in [0.2, 0.25) is 0 Å². The molecule has 0 amide bonds.